The summed E-state index contributed by atoms with van der Waals surface area (Å²) < 4.78 is 10.3. The quantitative estimate of drug-likeness (QED) is 0.682. The summed E-state index contributed by atoms with van der Waals surface area (Å²) in [6.45, 7) is 1.75. The Hall–Kier alpha value is -2.73. The summed E-state index contributed by atoms with van der Waals surface area (Å²) in [5, 5.41) is 4.59. The summed E-state index contributed by atoms with van der Waals surface area (Å²) in [7, 11) is 0. The molecule has 0 N–H and O–H groups in total. The van der Waals surface area contributed by atoms with E-state index < -0.39 is 5.97 Å². The van der Waals surface area contributed by atoms with E-state index >= 15 is 0 Å². The van der Waals surface area contributed by atoms with Crippen molar-refractivity contribution >= 4 is 17.6 Å². The van der Waals surface area contributed by atoms with Gasteiger partial charge in [0.05, 0.1) is 11.9 Å². The number of carbonyl (C=O) groups excluding carboxylic acids is 1. The van der Waals surface area contributed by atoms with Crippen molar-refractivity contribution in [2.45, 2.75) is 13.5 Å². The van der Waals surface area contributed by atoms with Gasteiger partial charge in [-0.2, -0.15) is 0 Å². The fraction of sp³-hybridized carbons (Fsp3) is 0.125. The lowest BCUT2D eigenvalue weighted by Gasteiger charge is -2.01. The molecule has 23 heavy (non-hydrogen) atoms. The van der Waals surface area contributed by atoms with Crippen LogP contribution in [0.3, 0.4) is 0 Å². The molecule has 0 aliphatic heterocycles. The van der Waals surface area contributed by atoms with Crippen LogP contribution >= 0.6 is 11.6 Å². The lowest BCUT2D eigenvalue weighted by Crippen LogP contribution is -2.07. The van der Waals surface area contributed by atoms with Crippen molar-refractivity contribution in [3.8, 4) is 11.3 Å². The number of aryl methyl sites for hydroxylation is 1. The molecular formula is C16H12ClN3O3. The zero-order valence-electron chi connectivity index (χ0n) is 12.2. The molecule has 0 fully saturated rings. The van der Waals surface area contributed by atoms with Crippen LogP contribution < -0.4 is 0 Å². The molecule has 0 aliphatic rings. The minimum atomic E-state index is -0.568. The standard InChI is InChI=1S/C16H12ClN3O3/c1-10-7-19-15(8-18-10)16(21)22-9-13-6-14(20-23-13)11-2-4-12(17)5-3-11/h2-8H,9H2,1H3. The molecule has 0 unspecified atom stereocenters. The Balaban J connectivity index is 1.64. The van der Waals surface area contributed by atoms with Gasteiger partial charge in [-0.05, 0) is 19.1 Å². The Morgan fingerprint density at radius 2 is 2.00 bits per heavy atom. The van der Waals surface area contributed by atoms with E-state index in [4.69, 9.17) is 20.9 Å². The SMILES string of the molecule is Cc1cnc(C(=O)OCc2cc(-c3ccc(Cl)cc3)no2)cn1. The fourth-order valence-electron chi connectivity index (χ4n) is 1.85. The van der Waals surface area contributed by atoms with Crippen molar-refractivity contribution in [2.75, 3.05) is 0 Å². The van der Waals surface area contributed by atoms with Crippen molar-refractivity contribution in [2.24, 2.45) is 0 Å². The Morgan fingerprint density at radius 3 is 2.70 bits per heavy atom. The van der Waals surface area contributed by atoms with E-state index in [2.05, 4.69) is 15.1 Å². The second kappa shape index (κ2) is 6.58. The van der Waals surface area contributed by atoms with Crippen LogP contribution in [0.4, 0.5) is 0 Å². The number of rotatable bonds is 4. The average molecular weight is 330 g/mol. The van der Waals surface area contributed by atoms with Crippen molar-refractivity contribution in [3.63, 3.8) is 0 Å². The first-order valence-corrected chi connectivity index (χ1v) is 7.17. The van der Waals surface area contributed by atoms with Crippen LogP contribution in [0.2, 0.25) is 5.02 Å². The summed E-state index contributed by atoms with van der Waals surface area (Å²) in [4.78, 5) is 19.8. The van der Waals surface area contributed by atoms with E-state index in [0.29, 0.717) is 16.5 Å². The molecule has 0 bridgehead atoms. The lowest BCUT2D eigenvalue weighted by atomic mass is 10.1. The van der Waals surface area contributed by atoms with E-state index in [-0.39, 0.29) is 12.3 Å². The van der Waals surface area contributed by atoms with E-state index in [9.17, 15) is 4.79 Å². The summed E-state index contributed by atoms with van der Waals surface area (Å²) >= 11 is 5.84. The summed E-state index contributed by atoms with van der Waals surface area (Å²) in [6.07, 6.45) is 2.88. The highest BCUT2D eigenvalue weighted by molar-refractivity contribution is 6.30. The molecule has 3 rings (SSSR count). The fourth-order valence-corrected chi connectivity index (χ4v) is 1.97. The molecule has 0 atom stereocenters. The van der Waals surface area contributed by atoms with Crippen molar-refractivity contribution in [1.29, 1.82) is 0 Å². The molecule has 0 amide bonds. The Morgan fingerprint density at radius 1 is 1.22 bits per heavy atom. The number of hydrogen-bond donors (Lipinski definition) is 0. The minimum absolute atomic E-state index is 0.0328. The predicted octanol–water partition coefficient (Wildman–Crippen LogP) is 3.45. The number of aromatic nitrogens is 3. The van der Waals surface area contributed by atoms with Crippen LogP contribution in [-0.2, 0) is 11.3 Å². The van der Waals surface area contributed by atoms with E-state index in [1.165, 1.54) is 12.4 Å². The molecule has 0 saturated carbocycles. The molecule has 116 valence electrons. The van der Waals surface area contributed by atoms with Gasteiger partial charge < -0.3 is 9.26 Å². The molecule has 2 heterocycles. The zero-order valence-corrected chi connectivity index (χ0v) is 12.9. The van der Waals surface area contributed by atoms with Crippen LogP contribution in [-0.4, -0.2) is 21.1 Å². The summed E-state index contributed by atoms with van der Waals surface area (Å²) in [6, 6.07) is 8.90. The van der Waals surface area contributed by atoms with Gasteiger partial charge in [0.2, 0.25) is 0 Å². The van der Waals surface area contributed by atoms with Gasteiger partial charge in [0.15, 0.2) is 18.1 Å². The lowest BCUT2D eigenvalue weighted by molar-refractivity contribution is 0.0430. The van der Waals surface area contributed by atoms with Gasteiger partial charge in [-0.15, -0.1) is 0 Å². The summed E-state index contributed by atoms with van der Waals surface area (Å²) in [5.41, 5.74) is 2.38. The van der Waals surface area contributed by atoms with Gasteiger partial charge in [-0.3, -0.25) is 4.98 Å². The van der Waals surface area contributed by atoms with E-state index in [0.717, 1.165) is 11.3 Å². The molecule has 2 aromatic heterocycles. The second-order valence-electron chi connectivity index (χ2n) is 4.80. The van der Waals surface area contributed by atoms with Crippen LogP contribution in [0.1, 0.15) is 21.9 Å². The van der Waals surface area contributed by atoms with Gasteiger partial charge >= 0.3 is 5.97 Å². The molecule has 0 spiro atoms. The van der Waals surface area contributed by atoms with Crippen LogP contribution in [0.5, 0.6) is 0 Å². The number of benzene rings is 1. The van der Waals surface area contributed by atoms with Crippen molar-refractivity contribution in [1.82, 2.24) is 15.1 Å². The summed E-state index contributed by atoms with van der Waals surface area (Å²) in [5.74, 6) is -0.134. The molecule has 7 heteroatoms. The number of hydrogen-bond acceptors (Lipinski definition) is 6. The number of esters is 1. The normalized spacial score (nSPS) is 10.5. The smallest absolute Gasteiger partial charge is 0.358 e. The van der Waals surface area contributed by atoms with Gasteiger partial charge in [-0.1, -0.05) is 28.9 Å². The Bertz CT molecular complexity index is 813. The third kappa shape index (κ3) is 3.73. The number of nitrogens with zero attached hydrogens (tertiary/aromatic N) is 3. The number of ether oxygens (including phenoxy) is 1. The Kier molecular flexibility index (Phi) is 4.34. The van der Waals surface area contributed by atoms with Crippen LogP contribution in [0.25, 0.3) is 11.3 Å². The zero-order chi connectivity index (χ0) is 16.2. The largest absolute Gasteiger partial charge is 0.453 e. The van der Waals surface area contributed by atoms with E-state index in [1.54, 1.807) is 25.1 Å². The average Bonchev–Trinajstić information content (AvgIpc) is 3.03. The number of halogens is 1. The molecule has 0 saturated heterocycles. The minimum Gasteiger partial charge on any atom is -0.453 e. The third-order valence-corrected chi connectivity index (χ3v) is 3.29. The molecule has 6 nitrogen and oxygen atoms in total. The van der Waals surface area contributed by atoms with E-state index in [1.807, 2.05) is 12.1 Å². The van der Waals surface area contributed by atoms with Gasteiger partial charge in [0.25, 0.3) is 0 Å². The maximum absolute atomic E-state index is 11.8. The topological polar surface area (TPSA) is 78.1 Å². The molecule has 3 aromatic rings. The first-order valence-electron chi connectivity index (χ1n) is 6.79. The highest BCUT2D eigenvalue weighted by Gasteiger charge is 2.12. The highest BCUT2D eigenvalue weighted by atomic mass is 35.5. The maximum atomic E-state index is 11.8. The Labute approximate surface area is 137 Å². The molecular weight excluding hydrogens is 318 g/mol. The van der Waals surface area contributed by atoms with Crippen LogP contribution in [0.15, 0.2) is 47.2 Å². The van der Waals surface area contributed by atoms with Gasteiger partial charge in [0, 0.05) is 22.8 Å². The molecule has 0 radical (unpaired) electrons. The predicted molar refractivity (Wildman–Crippen MR) is 82.8 cm³/mol. The maximum Gasteiger partial charge on any atom is 0.358 e. The van der Waals surface area contributed by atoms with Gasteiger partial charge in [0.1, 0.15) is 5.69 Å². The number of carbonyl (C=O) groups is 1. The first-order chi connectivity index (χ1) is 11.1. The highest BCUT2D eigenvalue weighted by Crippen LogP contribution is 2.21. The van der Waals surface area contributed by atoms with Gasteiger partial charge in [-0.25, -0.2) is 9.78 Å². The first kappa shape index (κ1) is 15.2. The van der Waals surface area contributed by atoms with Crippen LogP contribution in [0, 0.1) is 6.92 Å². The molecule has 1 aromatic carbocycles. The third-order valence-electron chi connectivity index (χ3n) is 3.03. The molecule has 0 aliphatic carbocycles. The van der Waals surface area contributed by atoms with Crippen molar-refractivity contribution in [3.05, 3.63) is 64.9 Å². The second-order valence-corrected chi connectivity index (χ2v) is 5.24. The monoisotopic (exact) mass is 329 g/mol. The van der Waals surface area contributed by atoms with Crippen molar-refractivity contribution < 1.29 is 14.1 Å².